The zero-order chi connectivity index (χ0) is 19.4. The lowest BCUT2D eigenvalue weighted by molar-refractivity contribution is -0.115. The summed E-state index contributed by atoms with van der Waals surface area (Å²) in [6.45, 7) is 11.0. The van der Waals surface area contributed by atoms with Crippen LogP contribution in [0.1, 0.15) is 37.1 Å². The third-order valence-corrected chi connectivity index (χ3v) is 5.05. The number of fused-ring (bicyclic) bond motifs is 1. The van der Waals surface area contributed by atoms with Crippen LogP contribution in [0.15, 0.2) is 54.3 Å². The van der Waals surface area contributed by atoms with Crippen molar-refractivity contribution in [2.45, 2.75) is 47.2 Å². The van der Waals surface area contributed by atoms with E-state index >= 15 is 0 Å². The lowest BCUT2D eigenvalue weighted by Gasteiger charge is -2.31. The van der Waals surface area contributed by atoms with Gasteiger partial charge in [-0.15, -0.1) is 0 Å². The molecule has 1 N–H and O–H groups in total. The van der Waals surface area contributed by atoms with Crippen molar-refractivity contribution in [1.29, 1.82) is 0 Å². The Kier molecular flexibility index (Phi) is 5.84. The molecule has 1 aliphatic rings. The van der Waals surface area contributed by atoms with Crippen LogP contribution in [0.4, 0.5) is 11.4 Å². The fourth-order valence-corrected chi connectivity index (χ4v) is 3.61. The summed E-state index contributed by atoms with van der Waals surface area (Å²) in [5.41, 5.74) is 6.76. The fraction of sp³-hybridized carbons (Fsp3) is 0.348. The Balaban J connectivity index is 1.73. The van der Waals surface area contributed by atoms with Gasteiger partial charge in [0.05, 0.1) is 6.54 Å². The number of nitrogens with zero attached hydrogens (tertiary/aromatic N) is 2. The topological polar surface area (TPSA) is 37.3 Å². The molecule has 2 aromatic rings. The van der Waals surface area contributed by atoms with E-state index in [9.17, 15) is 4.79 Å². The second kappa shape index (κ2) is 8.30. The van der Waals surface area contributed by atoms with Crippen LogP contribution in [0.2, 0.25) is 0 Å². The number of hydrogen-bond donors (Lipinski definition) is 1. The second-order valence-electron chi connectivity index (χ2n) is 7.33. The van der Waals surface area contributed by atoms with Gasteiger partial charge in [0.15, 0.2) is 0 Å². The molecule has 0 aliphatic carbocycles. The first-order chi connectivity index (χ1) is 13.0. The van der Waals surface area contributed by atoms with E-state index in [-0.39, 0.29) is 5.91 Å². The van der Waals surface area contributed by atoms with Crippen LogP contribution in [0, 0.1) is 13.8 Å². The van der Waals surface area contributed by atoms with E-state index in [1.54, 1.807) is 0 Å². The number of amides is 1. The fourth-order valence-electron chi connectivity index (χ4n) is 3.61. The molecule has 1 amide bonds. The highest BCUT2D eigenvalue weighted by atomic mass is 16.1. The van der Waals surface area contributed by atoms with Crippen molar-refractivity contribution in [2.75, 3.05) is 16.8 Å². The number of hydrogen-bond acceptors (Lipinski definition) is 2. The van der Waals surface area contributed by atoms with Gasteiger partial charge in [-0.3, -0.25) is 4.79 Å². The van der Waals surface area contributed by atoms with Gasteiger partial charge in [-0.25, -0.2) is 0 Å². The molecule has 0 radical (unpaired) electrons. The summed E-state index contributed by atoms with van der Waals surface area (Å²) in [5.74, 6) is 0.0306. The highest BCUT2D eigenvalue weighted by Gasteiger charge is 2.18. The summed E-state index contributed by atoms with van der Waals surface area (Å²) in [7, 11) is 0. The van der Waals surface area contributed by atoms with E-state index < -0.39 is 0 Å². The van der Waals surface area contributed by atoms with E-state index in [1.807, 2.05) is 32.1 Å². The molecule has 2 heterocycles. The Morgan fingerprint density at radius 3 is 2.67 bits per heavy atom. The van der Waals surface area contributed by atoms with Crippen molar-refractivity contribution in [3.63, 3.8) is 0 Å². The van der Waals surface area contributed by atoms with Crippen molar-refractivity contribution in [3.05, 3.63) is 71.1 Å². The van der Waals surface area contributed by atoms with Crippen LogP contribution in [-0.2, 0) is 17.9 Å². The Morgan fingerprint density at radius 1 is 1.22 bits per heavy atom. The lowest BCUT2D eigenvalue weighted by atomic mass is 10.1. The summed E-state index contributed by atoms with van der Waals surface area (Å²) in [4.78, 5) is 14.8. The van der Waals surface area contributed by atoms with Crippen molar-refractivity contribution in [3.8, 4) is 0 Å². The molecular formula is C23H29N3O. The maximum absolute atomic E-state index is 12.4. The lowest BCUT2D eigenvalue weighted by Crippen LogP contribution is -2.33. The molecule has 0 atom stereocenters. The molecule has 0 fully saturated rings. The maximum atomic E-state index is 12.4. The van der Waals surface area contributed by atoms with Crippen molar-refractivity contribution in [1.82, 2.24) is 4.57 Å². The molecule has 1 aromatic heterocycles. The summed E-state index contributed by atoms with van der Waals surface area (Å²) in [6, 6.07) is 8.66. The molecule has 0 spiro atoms. The van der Waals surface area contributed by atoms with E-state index in [0.29, 0.717) is 6.42 Å². The molecule has 3 rings (SSSR count). The molecular weight excluding hydrogens is 334 g/mol. The van der Waals surface area contributed by atoms with Crippen LogP contribution >= 0.6 is 0 Å². The van der Waals surface area contributed by atoms with Gasteiger partial charge in [0.2, 0.25) is 5.91 Å². The predicted molar refractivity (Wildman–Crippen MR) is 113 cm³/mol. The Hall–Kier alpha value is -2.75. The minimum atomic E-state index is 0.0306. The molecule has 27 heavy (non-hydrogen) atoms. The molecule has 4 heteroatoms. The maximum Gasteiger partial charge on any atom is 0.228 e. The number of nitrogens with one attached hydrogen (secondary N) is 1. The molecule has 0 saturated heterocycles. The van der Waals surface area contributed by atoms with Gasteiger partial charge in [0, 0.05) is 42.8 Å². The van der Waals surface area contributed by atoms with Crippen molar-refractivity contribution < 1.29 is 4.79 Å². The minimum Gasteiger partial charge on any atom is -0.364 e. The molecule has 0 saturated carbocycles. The first kappa shape index (κ1) is 19.0. The zero-order valence-electron chi connectivity index (χ0n) is 16.7. The van der Waals surface area contributed by atoms with Crippen LogP contribution in [0.3, 0.4) is 0 Å². The number of aryl methyl sites for hydroxylation is 2. The van der Waals surface area contributed by atoms with E-state index in [1.165, 1.54) is 11.4 Å². The van der Waals surface area contributed by atoms with Crippen LogP contribution < -0.4 is 10.2 Å². The molecule has 1 aromatic carbocycles. The molecule has 142 valence electrons. The zero-order valence-corrected chi connectivity index (χ0v) is 16.7. The smallest absolute Gasteiger partial charge is 0.228 e. The van der Waals surface area contributed by atoms with Crippen LogP contribution in [-0.4, -0.2) is 17.0 Å². The number of carbonyl (C=O) groups is 1. The first-order valence-corrected chi connectivity index (χ1v) is 9.56. The molecule has 1 aliphatic heterocycles. The van der Waals surface area contributed by atoms with Gasteiger partial charge in [0.25, 0.3) is 0 Å². The van der Waals surface area contributed by atoms with E-state index in [2.05, 4.69) is 59.1 Å². The number of carbonyl (C=O) groups excluding carboxylic acids is 1. The largest absolute Gasteiger partial charge is 0.364 e. The van der Waals surface area contributed by atoms with Crippen molar-refractivity contribution >= 4 is 17.3 Å². The van der Waals surface area contributed by atoms with Crippen molar-refractivity contribution in [2.24, 2.45) is 0 Å². The van der Waals surface area contributed by atoms with Gasteiger partial charge in [-0.05, 0) is 63.1 Å². The summed E-state index contributed by atoms with van der Waals surface area (Å²) >= 11 is 0. The van der Waals surface area contributed by atoms with Gasteiger partial charge in [-0.1, -0.05) is 23.8 Å². The number of allylic oxidation sites excluding steroid dienone is 3. The summed E-state index contributed by atoms with van der Waals surface area (Å²) in [6.07, 6.45) is 8.46. The Labute approximate surface area is 162 Å². The monoisotopic (exact) mass is 363 g/mol. The minimum absolute atomic E-state index is 0.0306. The summed E-state index contributed by atoms with van der Waals surface area (Å²) in [5, 5.41) is 3.10. The number of rotatable bonds is 5. The predicted octanol–water partition coefficient (Wildman–Crippen LogP) is 4.98. The van der Waals surface area contributed by atoms with Gasteiger partial charge >= 0.3 is 0 Å². The van der Waals surface area contributed by atoms with Crippen LogP contribution in [0.5, 0.6) is 0 Å². The number of benzene rings is 1. The van der Waals surface area contributed by atoms with Crippen LogP contribution in [0.25, 0.3) is 0 Å². The van der Waals surface area contributed by atoms with E-state index in [4.69, 9.17) is 0 Å². The molecule has 0 bridgehead atoms. The standard InChI is InChI=1S/C23H29N3O/c1-5-6-8-17(2)13-22(27)24-23-18(3)14-21(15-19(23)4)26-12-11-25-10-7-9-20(25)16-26/h5-10,14-15H,11-13,16H2,1-4H3,(H,24,27)/b6-5-,17-8+. The average molecular weight is 364 g/mol. The van der Waals surface area contributed by atoms with Gasteiger partial charge in [0.1, 0.15) is 0 Å². The molecule has 4 nitrogen and oxygen atoms in total. The third-order valence-electron chi connectivity index (χ3n) is 5.05. The third kappa shape index (κ3) is 4.51. The Morgan fingerprint density at radius 2 is 1.96 bits per heavy atom. The normalized spacial score (nSPS) is 14.5. The SMILES string of the molecule is C/C=C\C=C(/C)CC(=O)Nc1c(C)cc(N2CCn3cccc3C2)cc1C. The highest BCUT2D eigenvalue weighted by molar-refractivity contribution is 5.94. The first-order valence-electron chi connectivity index (χ1n) is 9.56. The number of anilines is 2. The van der Waals surface area contributed by atoms with E-state index in [0.717, 1.165) is 42.0 Å². The number of aromatic nitrogens is 1. The van der Waals surface area contributed by atoms with Gasteiger partial charge < -0.3 is 14.8 Å². The Bertz CT molecular complexity index is 866. The highest BCUT2D eigenvalue weighted by Crippen LogP contribution is 2.29. The molecule has 0 unspecified atom stereocenters. The quantitative estimate of drug-likeness (QED) is 0.761. The second-order valence-corrected chi connectivity index (χ2v) is 7.33. The van der Waals surface area contributed by atoms with Gasteiger partial charge in [-0.2, -0.15) is 0 Å². The summed E-state index contributed by atoms with van der Waals surface area (Å²) < 4.78 is 2.31. The average Bonchev–Trinajstić information content (AvgIpc) is 3.10.